The largest absolute Gasteiger partial charge is 0.389 e. The van der Waals surface area contributed by atoms with Crippen LogP contribution in [0.15, 0.2) is 27.6 Å². The van der Waals surface area contributed by atoms with Crippen LogP contribution >= 0.6 is 27.7 Å². The molecule has 0 aromatic heterocycles. The Hall–Kier alpha value is -0.520. The average Bonchev–Trinajstić information content (AvgIpc) is 2.25. The molecule has 0 unspecified atom stereocenters. The summed E-state index contributed by atoms with van der Waals surface area (Å²) < 4.78 is 1.04. The predicted molar refractivity (Wildman–Crippen MR) is 83.5 cm³/mol. The van der Waals surface area contributed by atoms with E-state index in [1.165, 1.54) is 11.8 Å². The Labute approximate surface area is 127 Å². The Morgan fingerprint density at radius 1 is 1.47 bits per heavy atom. The van der Waals surface area contributed by atoms with Crippen molar-refractivity contribution in [2.24, 2.45) is 0 Å². The van der Waals surface area contributed by atoms with Gasteiger partial charge in [-0.2, -0.15) is 0 Å². The van der Waals surface area contributed by atoms with Crippen molar-refractivity contribution in [2.45, 2.75) is 31.3 Å². The molecule has 0 saturated heterocycles. The van der Waals surface area contributed by atoms with Gasteiger partial charge in [-0.25, -0.2) is 0 Å². The van der Waals surface area contributed by atoms with Crippen molar-refractivity contribution in [1.29, 1.82) is 0 Å². The summed E-state index contributed by atoms with van der Waals surface area (Å²) in [7, 11) is 1.72. The molecule has 1 N–H and O–H groups in total. The number of benzene rings is 1. The van der Waals surface area contributed by atoms with Crippen LogP contribution < -0.4 is 0 Å². The lowest BCUT2D eigenvalue weighted by Crippen LogP contribution is -2.40. The number of thioether (sulfide) groups is 1. The number of amides is 1. The first kappa shape index (κ1) is 16.5. The van der Waals surface area contributed by atoms with E-state index >= 15 is 0 Å². The van der Waals surface area contributed by atoms with Gasteiger partial charge in [-0.05, 0) is 44.5 Å². The third-order valence-electron chi connectivity index (χ3n) is 2.54. The van der Waals surface area contributed by atoms with E-state index in [0.29, 0.717) is 12.3 Å². The van der Waals surface area contributed by atoms with Crippen LogP contribution in [0.5, 0.6) is 0 Å². The number of hydrogen-bond acceptors (Lipinski definition) is 3. The van der Waals surface area contributed by atoms with Crippen molar-refractivity contribution >= 4 is 33.6 Å². The van der Waals surface area contributed by atoms with E-state index in [1.807, 2.05) is 25.1 Å². The van der Waals surface area contributed by atoms with E-state index in [0.717, 1.165) is 14.9 Å². The molecule has 0 heterocycles. The summed E-state index contributed by atoms with van der Waals surface area (Å²) in [6.45, 7) is 5.76. The molecule has 1 rings (SSSR count). The first-order chi connectivity index (χ1) is 8.69. The molecule has 1 amide bonds. The molecule has 0 aliphatic rings. The van der Waals surface area contributed by atoms with Crippen molar-refractivity contribution in [3.05, 3.63) is 28.2 Å². The summed E-state index contributed by atoms with van der Waals surface area (Å²) in [4.78, 5) is 14.6. The highest BCUT2D eigenvalue weighted by Gasteiger charge is 2.19. The fraction of sp³-hybridized carbons (Fsp3) is 0.500. The zero-order chi connectivity index (χ0) is 14.6. The van der Waals surface area contributed by atoms with Crippen molar-refractivity contribution in [3.8, 4) is 0 Å². The van der Waals surface area contributed by atoms with Crippen molar-refractivity contribution in [3.63, 3.8) is 0 Å². The van der Waals surface area contributed by atoms with Gasteiger partial charge in [0.15, 0.2) is 0 Å². The zero-order valence-corrected chi connectivity index (χ0v) is 14.1. The number of nitrogens with zero attached hydrogens (tertiary/aromatic N) is 1. The lowest BCUT2D eigenvalue weighted by atomic mass is 10.1. The zero-order valence-electron chi connectivity index (χ0n) is 11.7. The molecule has 1 aromatic carbocycles. The Balaban J connectivity index is 2.54. The summed E-state index contributed by atoms with van der Waals surface area (Å²) in [6, 6.07) is 6.01. The third-order valence-corrected chi connectivity index (χ3v) is 4.19. The number of likely N-dealkylation sites (N-methyl/N-ethyl adjacent to an activating group) is 1. The number of aliphatic hydroxyl groups is 1. The third kappa shape index (κ3) is 5.97. The number of hydrogen-bond donors (Lipinski definition) is 1. The summed E-state index contributed by atoms with van der Waals surface area (Å²) in [5.74, 6) is 0.407. The predicted octanol–water partition coefficient (Wildman–Crippen LogP) is 3.08. The molecule has 19 heavy (non-hydrogen) atoms. The molecule has 0 saturated carbocycles. The summed E-state index contributed by atoms with van der Waals surface area (Å²) in [5.41, 5.74) is 0.292. The fourth-order valence-corrected chi connectivity index (χ4v) is 3.12. The smallest absolute Gasteiger partial charge is 0.232 e. The molecule has 0 fully saturated rings. The van der Waals surface area contributed by atoms with Crippen LogP contribution in [0.3, 0.4) is 0 Å². The van der Waals surface area contributed by atoms with Gasteiger partial charge < -0.3 is 10.0 Å². The monoisotopic (exact) mass is 345 g/mol. The van der Waals surface area contributed by atoms with Gasteiger partial charge in [0, 0.05) is 23.0 Å². The summed E-state index contributed by atoms with van der Waals surface area (Å²) in [5, 5.41) is 9.69. The second-order valence-electron chi connectivity index (χ2n) is 5.26. The van der Waals surface area contributed by atoms with E-state index in [9.17, 15) is 9.90 Å². The van der Waals surface area contributed by atoms with Gasteiger partial charge in [0.2, 0.25) is 5.91 Å². The van der Waals surface area contributed by atoms with Crippen LogP contribution in [0.2, 0.25) is 0 Å². The Morgan fingerprint density at radius 2 is 2.11 bits per heavy atom. The SMILES string of the molecule is Cc1cc(Br)ccc1SCC(=O)N(C)CC(C)(C)O. The van der Waals surface area contributed by atoms with Gasteiger partial charge in [-0.15, -0.1) is 11.8 Å². The lowest BCUT2D eigenvalue weighted by Gasteiger charge is -2.25. The van der Waals surface area contributed by atoms with Gasteiger partial charge in [0.05, 0.1) is 11.4 Å². The van der Waals surface area contributed by atoms with E-state index in [-0.39, 0.29) is 5.91 Å². The minimum absolute atomic E-state index is 0.0226. The molecule has 0 radical (unpaired) electrons. The van der Waals surface area contributed by atoms with Crippen molar-refractivity contribution in [2.75, 3.05) is 19.3 Å². The van der Waals surface area contributed by atoms with E-state index in [4.69, 9.17) is 0 Å². The molecule has 0 aliphatic heterocycles. The quantitative estimate of drug-likeness (QED) is 0.833. The lowest BCUT2D eigenvalue weighted by molar-refractivity contribution is -0.129. The minimum atomic E-state index is -0.859. The molecule has 0 atom stereocenters. The highest BCUT2D eigenvalue weighted by molar-refractivity contribution is 9.10. The molecule has 5 heteroatoms. The van der Waals surface area contributed by atoms with Crippen LogP contribution in [0.1, 0.15) is 19.4 Å². The minimum Gasteiger partial charge on any atom is -0.389 e. The van der Waals surface area contributed by atoms with E-state index < -0.39 is 5.60 Å². The molecule has 0 bridgehead atoms. The molecular formula is C14H20BrNO2S. The normalized spacial score (nSPS) is 11.5. The Bertz CT molecular complexity index is 457. The van der Waals surface area contributed by atoms with Crippen LogP contribution in [0.25, 0.3) is 0 Å². The maximum Gasteiger partial charge on any atom is 0.232 e. The van der Waals surface area contributed by atoms with Crippen LogP contribution in [-0.4, -0.2) is 40.9 Å². The number of aryl methyl sites for hydroxylation is 1. The van der Waals surface area contributed by atoms with Gasteiger partial charge >= 0.3 is 0 Å². The van der Waals surface area contributed by atoms with E-state index in [2.05, 4.69) is 15.9 Å². The number of halogens is 1. The van der Waals surface area contributed by atoms with Crippen LogP contribution in [-0.2, 0) is 4.79 Å². The van der Waals surface area contributed by atoms with Crippen molar-refractivity contribution < 1.29 is 9.90 Å². The van der Waals surface area contributed by atoms with Crippen LogP contribution in [0, 0.1) is 6.92 Å². The maximum absolute atomic E-state index is 12.0. The number of carbonyl (C=O) groups is 1. The Morgan fingerprint density at radius 3 is 2.63 bits per heavy atom. The van der Waals surface area contributed by atoms with Gasteiger partial charge in [-0.1, -0.05) is 15.9 Å². The first-order valence-corrected chi connectivity index (χ1v) is 7.82. The second-order valence-corrected chi connectivity index (χ2v) is 7.19. The van der Waals surface area contributed by atoms with Crippen LogP contribution in [0.4, 0.5) is 0 Å². The van der Waals surface area contributed by atoms with Crippen molar-refractivity contribution in [1.82, 2.24) is 4.90 Å². The maximum atomic E-state index is 12.0. The molecule has 1 aromatic rings. The summed E-state index contributed by atoms with van der Waals surface area (Å²) >= 11 is 4.94. The topological polar surface area (TPSA) is 40.5 Å². The average molecular weight is 346 g/mol. The summed E-state index contributed by atoms with van der Waals surface area (Å²) in [6.07, 6.45) is 0. The van der Waals surface area contributed by atoms with Gasteiger partial charge in [0.1, 0.15) is 0 Å². The Kier molecular flexibility index (Phi) is 5.89. The standard InChI is InChI=1S/C14H20BrNO2S/c1-10-7-11(15)5-6-12(10)19-8-13(17)16(4)9-14(2,3)18/h5-7,18H,8-9H2,1-4H3. The highest BCUT2D eigenvalue weighted by Crippen LogP contribution is 2.25. The number of carbonyl (C=O) groups excluding carboxylic acids is 1. The molecule has 106 valence electrons. The molecule has 0 spiro atoms. The second kappa shape index (κ2) is 6.77. The first-order valence-electron chi connectivity index (χ1n) is 6.04. The molecular weight excluding hydrogens is 326 g/mol. The highest BCUT2D eigenvalue weighted by atomic mass is 79.9. The van der Waals surface area contributed by atoms with E-state index in [1.54, 1.807) is 25.8 Å². The van der Waals surface area contributed by atoms with Gasteiger partial charge in [0.25, 0.3) is 0 Å². The molecule has 3 nitrogen and oxygen atoms in total. The fourth-order valence-electron chi connectivity index (χ4n) is 1.69. The molecule has 0 aliphatic carbocycles. The number of rotatable bonds is 5. The van der Waals surface area contributed by atoms with Gasteiger partial charge in [-0.3, -0.25) is 4.79 Å².